The maximum absolute atomic E-state index is 6.02. The third-order valence-electron chi connectivity index (χ3n) is 2.39. The number of halogens is 1. The van der Waals surface area contributed by atoms with Crippen LogP contribution >= 0.6 is 11.6 Å². The van der Waals surface area contributed by atoms with Crippen LogP contribution in [0.1, 0.15) is 11.1 Å². The van der Waals surface area contributed by atoms with Crippen LogP contribution in [0.25, 0.3) is 0 Å². The van der Waals surface area contributed by atoms with Gasteiger partial charge in [0.05, 0.1) is 7.11 Å². The third-order valence-corrected chi connectivity index (χ3v) is 2.61. The highest BCUT2D eigenvalue weighted by Crippen LogP contribution is 2.27. The summed E-state index contributed by atoms with van der Waals surface area (Å²) in [5.74, 6) is 0.918. The van der Waals surface area contributed by atoms with E-state index in [9.17, 15) is 0 Å². The highest BCUT2D eigenvalue weighted by molar-refractivity contribution is 6.30. The summed E-state index contributed by atoms with van der Waals surface area (Å²) in [6.45, 7) is 4.64. The Morgan fingerprint density at radius 2 is 2.06 bits per heavy atom. The number of rotatable bonds is 6. The van der Waals surface area contributed by atoms with Crippen molar-refractivity contribution in [3.05, 3.63) is 28.3 Å². The first kappa shape index (κ1) is 13.3. The number of aryl methyl sites for hydroxylation is 1. The van der Waals surface area contributed by atoms with E-state index < -0.39 is 0 Å². The number of benzene rings is 1. The molecule has 0 bridgehead atoms. The molecule has 0 aliphatic rings. The Hall–Kier alpha value is -0.770. The van der Waals surface area contributed by atoms with Gasteiger partial charge in [0, 0.05) is 30.2 Å². The van der Waals surface area contributed by atoms with Gasteiger partial charge in [0.15, 0.2) is 0 Å². The number of ether oxygens (including phenoxy) is 1. The van der Waals surface area contributed by atoms with Gasteiger partial charge in [-0.3, -0.25) is 0 Å². The van der Waals surface area contributed by atoms with Crippen molar-refractivity contribution in [2.75, 3.05) is 27.2 Å². The fraction of sp³-hybridized carbons (Fsp3) is 0.500. The molecule has 0 heterocycles. The van der Waals surface area contributed by atoms with Gasteiger partial charge in [-0.05, 0) is 31.7 Å². The molecular formula is C12H19ClN2O. The summed E-state index contributed by atoms with van der Waals surface area (Å²) < 4.78 is 5.37. The minimum atomic E-state index is 0.753. The lowest BCUT2D eigenvalue weighted by atomic mass is 10.1. The maximum atomic E-state index is 6.02. The third kappa shape index (κ3) is 3.67. The number of methoxy groups -OCH3 is 1. The van der Waals surface area contributed by atoms with Crippen molar-refractivity contribution in [3.63, 3.8) is 0 Å². The van der Waals surface area contributed by atoms with Gasteiger partial charge in [-0.25, -0.2) is 0 Å². The predicted octanol–water partition coefficient (Wildman–Crippen LogP) is 1.97. The number of hydrogen-bond donors (Lipinski definition) is 2. The van der Waals surface area contributed by atoms with Crippen LogP contribution in [0.3, 0.4) is 0 Å². The molecule has 0 atom stereocenters. The highest BCUT2D eigenvalue weighted by atomic mass is 35.5. The molecule has 0 radical (unpaired) electrons. The van der Waals surface area contributed by atoms with Gasteiger partial charge in [-0.1, -0.05) is 11.6 Å². The molecule has 0 aliphatic carbocycles. The molecular weight excluding hydrogens is 224 g/mol. The quantitative estimate of drug-likeness (QED) is 0.749. The zero-order valence-corrected chi connectivity index (χ0v) is 10.8. The molecule has 90 valence electrons. The average molecular weight is 243 g/mol. The minimum Gasteiger partial charge on any atom is -0.496 e. The van der Waals surface area contributed by atoms with Gasteiger partial charge < -0.3 is 15.4 Å². The Balaban J connectivity index is 2.69. The first-order valence-electron chi connectivity index (χ1n) is 5.37. The van der Waals surface area contributed by atoms with Crippen molar-refractivity contribution < 1.29 is 4.74 Å². The molecule has 1 rings (SSSR count). The molecule has 0 amide bonds. The predicted molar refractivity (Wildman–Crippen MR) is 68.4 cm³/mol. The van der Waals surface area contributed by atoms with Crippen LogP contribution in [0.2, 0.25) is 5.02 Å². The fourth-order valence-electron chi connectivity index (χ4n) is 1.66. The SMILES string of the molecule is CNCCNCc1cc(Cl)cc(C)c1OC. The van der Waals surface area contributed by atoms with Crippen LogP contribution in [0.15, 0.2) is 12.1 Å². The van der Waals surface area contributed by atoms with E-state index in [2.05, 4.69) is 10.6 Å². The monoisotopic (exact) mass is 242 g/mol. The Bertz CT molecular complexity index is 342. The average Bonchev–Trinajstić information content (AvgIpc) is 2.24. The second kappa shape index (κ2) is 6.74. The minimum absolute atomic E-state index is 0.753. The van der Waals surface area contributed by atoms with Crippen molar-refractivity contribution in [2.24, 2.45) is 0 Å². The van der Waals surface area contributed by atoms with Crippen LogP contribution < -0.4 is 15.4 Å². The fourth-order valence-corrected chi connectivity index (χ4v) is 1.95. The van der Waals surface area contributed by atoms with Gasteiger partial charge in [0.25, 0.3) is 0 Å². The molecule has 0 saturated heterocycles. The van der Waals surface area contributed by atoms with E-state index in [0.717, 1.165) is 41.5 Å². The lowest BCUT2D eigenvalue weighted by molar-refractivity contribution is 0.404. The van der Waals surface area contributed by atoms with E-state index >= 15 is 0 Å². The molecule has 0 unspecified atom stereocenters. The summed E-state index contributed by atoms with van der Waals surface area (Å²) in [7, 11) is 3.62. The van der Waals surface area contributed by atoms with E-state index in [0.29, 0.717) is 0 Å². The first-order chi connectivity index (χ1) is 7.69. The molecule has 0 spiro atoms. The van der Waals surface area contributed by atoms with Crippen LogP contribution in [0.4, 0.5) is 0 Å². The lowest BCUT2D eigenvalue weighted by Gasteiger charge is -2.12. The molecule has 16 heavy (non-hydrogen) atoms. The molecule has 2 N–H and O–H groups in total. The molecule has 4 heteroatoms. The Morgan fingerprint density at radius 3 is 2.69 bits per heavy atom. The van der Waals surface area contributed by atoms with E-state index in [1.807, 2.05) is 26.1 Å². The van der Waals surface area contributed by atoms with Crippen molar-refractivity contribution in [2.45, 2.75) is 13.5 Å². The molecule has 3 nitrogen and oxygen atoms in total. The Morgan fingerprint density at radius 1 is 1.31 bits per heavy atom. The lowest BCUT2D eigenvalue weighted by Crippen LogP contribution is -2.24. The van der Waals surface area contributed by atoms with Crippen LogP contribution in [0.5, 0.6) is 5.75 Å². The molecule has 0 aromatic heterocycles. The Kier molecular flexibility index (Phi) is 5.60. The summed E-state index contributed by atoms with van der Waals surface area (Å²) in [4.78, 5) is 0. The van der Waals surface area contributed by atoms with Crippen LogP contribution in [0, 0.1) is 6.92 Å². The topological polar surface area (TPSA) is 33.3 Å². The van der Waals surface area contributed by atoms with E-state index in [1.165, 1.54) is 0 Å². The number of nitrogens with one attached hydrogen (secondary N) is 2. The van der Waals surface area contributed by atoms with Gasteiger partial charge in [-0.15, -0.1) is 0 Å². The Labute approximate surface area is 102 Å². The van der Waals surface area contributed by atoms with E-state index in [4.69, 9.17) is 16.3 Å². The summed E-state index contributed by atoms with van der Waals surface area (Å²) in [6, 6.07) is 3.86. The van der Waals surface area contributed by atoms with Crippen molar-refractivity contribution in [1.29, 1.82) is 0 Å². The normalized spacial score (nSPS) is 10.5. The van der Waals surface area contributed by atoms with E-state index in [1.54, 1.807) is 7.11 Å². The molecule has 0 fully saturated rings. The number of hydrogen-bond acceptors (Lipinski definition) is 3. The van der Waals surface area contributed by atoms with Crippen molar-refractivity contribution in [3.8, 4) is 5.75 Å². The molecule has 0 aliphatic heterocycles. The van der Waals surface area contributed by atoms with Crippen molar-refractivity contribution in [1.82, 2.24) is 10.6 Å². The summed E-state index contributed by atoms with van der Waals surface area (Å²) in [5.41, 5.74) is 2.17. The van der Waals surface area contributed by atoms with E-state index in [-0.39, 0.29) is 0 Å². The standard InChI is InChI=1S/C12H19ClN2O/c1-9-6-11(13)7-10(12(9)16-3)8-15-5-4-14-2/h6-7,14-15H,4-5,8H2,1-3H3. The smallest absolute Gasteiger partial charge is 0.126 e. The van der Waals surface area contributed by atoms with Crippen LogP contribution in [-0.2, 0) is 6.54 Å². The van der Waals surface area contributed by atoms with Crippen molar-refractivity contribution >= 4 is 11.6 Å². The second-order valence-electron chi connectivity index (χ2n) is 3.70. The number of likely N-dealkylation sites (N-methyl/N-ethyl adjacent to an activating group) is 1. The zero-order valence-electron chi connectivity index (χ0n) is 10.1. The summed E-state index contributed by atoms with van der Waals surface area (Å²) >= 11 is 6.02. The zero-order chi connectivity index (χ0) is 12.0. The van der Waals surface area contributed by atoms with Gasteiger partial charge in [0.1, 0.15) is 5.75 Å². The second-order valence-corrected chi connectivity index (χ2v) is 4.13. The van der Waals surface area contributed by atoms with Crippen LogP contribution in [-0.4, -0.2) is 27.2 Å². The maximum Gasteiger partial charge on any atom is 0.126 e. The summed E-state index contributed by atoms with van der Waals surface area (Å²) in [5, 5.41) is 7.17. The van der Waals surface area contributed by atoms with Gasteiger partial charge in [-0.2, -0.15) is 0 Å². The van der Waals surface area contributed by atoms with Gasteiger partial charge >= 0.3 is 0 Å². The molecule has 1 aromatic carbocycles. The molecule has 0 saturated carbocycles. The first-order valence-corrected chi connectivity index (χ1v) is 5.75. The largest absolute Gasteiger partial charge is 0.496 e. The highest BCUT2D eigenvalue weighted by Gasteiger charge is 2.07. The summed E-state index contributed by atoms with van der Waals surface area (Å²) in [6.07, 6.45) is 0. The van der Waals surface area contributed by atoms with Gasteiger partial charge in [0.2, 0.25) is 0 Å². The molecule has 1 aromatic rings.